The SMILES string of the molecule is COC(=O)/C=C/C(F)(F)[C@](I)(N[S@+]([O-])C(C)(C)C)c1ccccc1F. The Kier molecular flexibility index (Phi) is 7.37. The van der Waals surface area contributed by atoms with Crippen LogP contribution in [0.1, 0.15) is 26.3 Å². The summed E-state index contributed by atoms with van der Waals surface area (Å²) in [7, 11) is 1.05. The number of nitrogens with one attached hydrogen (secondary N) is 1. The normalized spacial score (nSPS) is 16.5. The van der Waals surface area contributed by atoms with Gasteiger partial charge in [-0.3, -0.25) is 0 Å². The summed E-state index contributed by atoms with van der Waals surface area (Å²) in [6.45, 7) is 4.78. The van der Waals surface area contributed by atoms with Gasteiger partial charge in [0.15, 0.2) is 0 Å². The number of ether oxygens (including phenoxy) is 1. The zero-order chi connectivity index (χ0) is 19.5. The van der Waals surface area contributed by atoms with Gasteiger partial charge in [-0.05, 0) is 55.5 Å². The van der Waals surface area contributed by atoms with Crippen molar-refractivity contribution < 1.29 is 27.3 Å². The highest BCUT2D eigenvalue weighted by Gasteiger charge is 2.57. The van der Waals surface area contributed by atoms with Gasteiger partial charge >= 0.3 is 11.9 Å². The molecule has 0 fully saturated rings. The summed E-state index contributed by atoms with van der Waals surface area (Å²) in [4.78, 5) is 11.2. The van der Waals surface area contributed by atoms with Crippen LogP contribution < -0.4 is 4.72 Å². The van der Waals surface area contributed by atoms with E-state index in [-0.39, 0.29) is 5.56 Å². The number of benzene rings is 1. The molecule has 1 aromatic rings. The van der Waals surface area contributed by atoms with Crippen molar-refractivity contribution in [1.29, 1.82) is 0 Å². The van der Waals surface area contributed by atoms with Crippen LogP contribution in [-0.4, -0.2) is 28.3 Å². The van der Waals surface area contributed by atoms with E-state index in [0.29, 0.717) is 12.2 Å². The minimum atomic E-state index is -3.76. The van der Waals surface area contributed by atoms with Crippen LogP contribution in [0.25, 0.3) is 0 Å². The first-order valence-corrected chi connectivity index (χ1v) is 9.36. The molecule has 0 aliphatic rings. The highest BCUT2D eigenvalue weighted by molar-refractivity contribution is 14.1. The molecule has 140 valence electrons. The van der Waals surface area contributed by atoms with E-state index in [1.807, 2.05) is 0 Å². The Balaban J connectivity index is 3.44. The molecule has 0 spiro atoms. The monoisotopic (exact) mass is 489 g/mol. The summed E-state index contributed by atoms with van der Waals surface area (Å²) >= 11 is -0.607. The molecule has 9 heteroatoms. The largest absolute Gasteiger partial charge is 0.598 e. The van der Waals surface area contributed by atoms with Crippen molar-refractivity contribution in [2.45, 2.75) is 35.0 Å². The van der Waals surface area contributed by atoms with Crippen LogP contribution in [0.4, 0.5) is 13.2 Å². The van der Waals surface area contributed by atoms with Crippen LogP contribution in [0.2, 0.25) is 0 Å². The van der Waals surface area contributed by atoms with Gasteiger partial charge in [0, 0.05) is 23.0 Å². The maximum atomic E-state index is 14.9. The zero-order valence-corrected chi connectivity index (χ0v) is 17.1. The number of carbonyl (C=O) groups excluding carboxylic acids is 1. The third-order valence-electron chi connectivity index (χ3n) is 3.12. The van der Waals surface area contributed by atoms with E-state index in [2.05, 4.69) is 9.46 Å². The number of halogens is 4. The molecule has 0 saturated heterocycles. The standard InChI is InChI=1S/C16H19F3INO3S/c1-14(2,3)25(23)21-16(20,11-7-5-6-8-12(11)17)15(18,19)10-9-13(22)24-4/h5-10,21H,1-4H3/b10-9+/t16-,25-/m1/s1. The average Bonchev–Trinajstić information content (AvgIpc) is 2.51. The molecule has 1 rings (SSSR count). The van der Waals surface area contributed by atoms with Crippen LogP contribution >= 0.6 is 22.6 Å². The fourth-order valence-electron chi connectivity index (χ4n) is 1.68. The topological polar surface area (TPSA) is 61.4 Å². The predicted octanol–water partition coefficient (Wildman–Crippen LogP) is 3.83. The molecule has 1 N–H and O–H groups in total. The van der Waals surface area contributed by atoms with Crippen molar-refractivity contribution in [1.82, 2.24) is 4.72 Å². The summed E-state index contributed by atoms with van der Waals surface area (Å²) in [5, 5.41) is 0. The quantitative estimate of drug-likeness (QED) is 0.165. The second kappa shape index (κ2) is 8.28. The molecule has 0 amide bonds. The van der Waals surface area contributed by atoms with Crippen LogP contribution in [-0.2, 0) is 24.4 Å². The fourth-order valence-corrected chi connectivity index (χ4v) is 3.70. The number of hydrogen-bond acceptors (Lipinski definition) is 4. The van der Waals surface area contributed by atoms with Crippen molar-refractivity contribution in [3.05, 3.63) is 47.8 Å². The van der Waals surface area contributed by atoms with Gasteiger partial charge in [-0.2, -0.15) is 8.78 Å². The Labute approximate surface area is 161 Å². The second-order valence-electron chi connectivity index (χ2n) is 6.10. The lowest BCUT2D eigenvalue weighted by Crippen LogP contribution is -2.56. The molecule has 0 aliphatic heterocycles. The third kappa shape index (κ3) is 5.35. The van der Waals surface area contributed by atoms with Gasteiger partial charge in [-0.25, -0.2) is 9.18 Å². The van der Waals surface area contributed by atoms with Gasteiger partial charge in [0.05, 0.1) is 7.11 Å². The average molecular weight is 489 g/mol. The van der Waals surface area contributed by atoms with E-state index in [4.69, 9.17) is 0 Å². The van der Waals surface area contributed by atoms with E-state index in [9.17, 15) is 22.5 Å². The predicted molar refractivity (Wildman–Crippen MR) is 99.2 cm³/mol. The minimum absolute atomic E-state index is 0.310. The Hall–Kier alpha value is -0.780. The van der Waals surface area contributed by atoms with Crippen molar-refractivity contribution in [3.8, 4) is 0 Å². The van der Waals surface area contributed by atoms with Gasteiger partial charge in [0.2, 0.25) is 3.55 Å². The van der Waals surface area contributed by atoms with Crippen molar-refractivity contribution >= 4 is 39.9 Å². The van der Waals surface area contributed by atoms with E-state index < -0.39 is 37.4 Å². The number of esters is 1. The molecule has 0 unspecified atom stereocenters. The smallest absolute Gasteiger partial charge is 0.330 e. The molecule has 0 saturated carbocycles. The van der Waals surface area contributed by atoms with Gasteiger partial charge in [-0.15, -0.1) is 4.72 Å². The molecule has 1 aromatic carbocycles. The summed E-state index contributed by atoms with van der Waals surface area (Å²) in [6.07, 6.45) is 0.862. The molecule has 0 radical (unpaired) electrons. The van der Waals surface area contributed by atoms with E-state index in [1.54, 1.807) is 20.8 Å². The van der Waals surface area contributed by atoms with Crippen LogP contribution in [0, 0.1) is 5.82 Å². The lowest BCUT2D eigenvalue weighted by molar-refractivity contribution is -0.135. The van der Waals surface area contributed by atoms with Crippen molar-refractivity contribution in [3.63, 3.8) is 0 Å². The summed E-state index contributed by atoms with van der Waals surface area (Å²) < 4.78 is 59.9. The molecule has 25 heavy (non-hydrogen) atoms. The van der Waals surface area contributed by atoms with Crippen molar-refractivity contribution in [2.75, 3.05) is 7.11 Å². The Bertz CT molecular complexity index is 652. The first kappa shape index (κ1) is 22.3. The number of methoxy groups -OCH3 is 1. The summed E-state index contributed by atoms with van der Waals surface area (Å²) in [5.41, 5.74) is -0.382. The van der Waals surface area contributed by atoms with Crippen LogP contribution in [0.5, 0.6) is 0 Å². The van der Waals surface area contributed by atoms with Gasteiger partial charge < -0.3 is 9.29 Å². The maximum Gasteiger partial charge on any atom is 0.330 e. The maximum absolute atomic E-state index is 14.9. The number of carbonyl (C=O) groups is 1. The third-order valence-corrected chi connectivity index (χ3v) is 6.66. The van der Waals surface area contributed by atoms with Gasteiger partial charge in [0.1, 0.15) is 10.6 Å². The summed E-state index contributed by atoms with van der Waals surface area (Å²) in [6, 6.07) is 4.96. The molecule has 2 atom stereocenters. The number of rotatable bonds is 6. The fraction of sp³-hybridized carbons (Fsp3) is 0.438. The Morgan fingerprint density at radius 3 is 2.36 bits per heavy atom. The lowest BCUT2D eigenvalue weighted by atomic mass is 10.0. The van der Waals surface area contributed by atoms with Crippen molar-refractivity contribution in [2.24, 2.45) is 0 Å². The molecule has 4 nitrogen and oxygen atoms in total. The molecule has 0 heterocycles. The van der Waals surface area contributed by atoms with E-state index in [0.717, 1.165) is 13.2 Å². The highest BCUT2D eigenvalue weighted by atomic mass is 127. The first-order chi connectivity index (χ1) is 11.3. The number of hydrogen-bond donors (Lipinski definition) is 1. The molecular weight excluding hydrogens is 470 g/mol. The highest BCUT2D eigenvalue weighted by Crippen LogP contribution is 2.46. The summed E-state index contributed by atoms with van der Waals surface area (Å²) in [5.74, 6) is -5.63. The molecule has 0 aliphatic carbocycles. The zero-order valence-electron chi connectivity index (χ0n) is 14.1. The van der Waals surface area contributed by atoms with E-state index >= 15 is 0 Å². The Morgan fingerprint density at radius 2 is 1.88 bits per heavy atom. The lowest BCUT2D eigenvalue weighted by Gasteiger charge is -2.37. The van der Waals surface area contributed by atoms with Gasteiger partial charge in [-0.1, -0.05) is 18.2 Å². The molecular formula is C16H19F3INO3S. The van der Waals surface area contributed by atoms with E-state index in [1.165, 1.54) is 40.8 Å². The minimum Gasteiger partial charge on any atom is -0.598 e. The second-order valence-corrected chi connectivity index (χ2v) is 9.69. The Morgan fingerprint density at radius 1 is 1.32 bits per heavy atom. The van der Waals surface area contributed by atoms with Crippen LogP contribution in [0.3, 0.4) is 0 Å². The molecule has 0 aromatic heterocycles. The van der Waals surface area contributed by atoms with Crippen LogP contribution in [0.15, 0.2) is 36.4 Å². The molecule has 0 bridgehead atoms. The van der Waals surface area contributed by atoms with Gasteiger partial charge in [0.25, 0.3) is 0 Å². The first-order valence-electron chi connectivity index (χ1n) is 7.14. The number of alkyl halides is 3.